The Bertz CT molecular complexity index is 712. The van der Waals surface area contributed by atoms with Crippen molar-refractivity contribution in [3.8, 4) is 5.75 Å². The van der Waals surface area contributed by atoms with Crippen molar-refractivity contribution in [1.29, 1.82) is 0 Å². The molecule has 3 rings (SSSR count). The van der Waals surface area contributed by atoms with E-state index in [0.717, 1.165) is 18.4 Å². The molecule has 0 radical (unpaired) electrons. The Labute approximate surface area is 136 Å². The first-order valence-corrected chi connectivity index (χ1v) is 8.04. The van der Waals surface area contributed by atoms with Gasteiger partial charge in [0.1, 0.15) is 5.75 Å². The van der Waals surface area contributed by atoms with Crippen molar-refractivity contribution in [2.75, 3.05) is 13.2 Å². The summed E-state index contributed by atoms with van der Waals surface area (Å²) < 4.78 is 5.59. The molecule has 2 aromatic carbocycles. The highest BCUT2D eigenvalue weighted by molar-refractivity contribution is 5.77. The molecule has 0 aromatic heterocycles. The Kier molecular flexibility index (Phi) is 4.63. The molecule has 0 fully saturated rings. The van der Waals surface area contributed by atoms with Crippen molar-refractivity contribution in [1.82, 2.24) is 5.32 Å². The molecule has 1 atom stereocenters. The van der Waals surface area contributed by atoms with E-state index in [9.17, 15) is 4.79 Å². The molecule has 0 spiro atoms. The minimum Gasteiger partial charge on any atom is -0.484 e. The molecule has 0 saturated heterocycles. The molecule has 4 nitrogen and oxygen atoms in total. The Morgan fingerprint density at radius 3 is 2.74 bits per heavy atom. The van der Waals surface area contributed by atoms with Crippen molar-refractivity contribution in [2.24, 2.45) is 5.73 Å². The Morgan fingerprint density at radius 2 is 1.91 bits per heavy atom. The van der Waals surface area contributed by atoms with Crippen LogP contribution < -0.4 is 15.8 Å². The van der Waals surface area contributed by atoms with Gasteiger partial charge >= 0.3 is 0 Å². The van der Waals surface area contributed by atoms with Gasteiger partial charge in [-0.15, -0.1) is 0 Å². The standard InChI is InChI=1S/C19H22N2O2/c1-2-21-18(22)12-23-15-9-10-17-14(11-15)8-7-13-5-3-4-6-16(13)19(17)20/h3-6,9-11,19H,2,7-8,12,20H2,1H3,(H,21,22). The van der Waals surface area contributed by atoms with Crippen LogP contribution in [0.5, 0.6) is 5.75 Å². The fourth-order valence-electron chi connectivity index (χ4n) is 3.09. The predicted molar refractivity (Wildman–Crippen MR) is 90.5 cm³/mol. The van der Waals surface area contributed by atoms with Gasteiger partial charge in [0.05, 0.1) is 6.04 Å². The van der Waals surface area contributed by atoms with Gasteiger partial charge in [-0.3, -0.25) is 4.79 Å². The van der Waals surface area contributed by atoms with Gasteiger partial charge < -0.3 is 15.8 Å². The molecular weight excluding hydrogens is 288 g/mol. The van der Waals surface area contributed by atoms with Crippen LogP contribution in [0.3, 0.4) is 0 Å². The predicted octanol–water partition coefficient (Wildman–Crippen LogP) is 2.35. The third-order valence-electron chi connectivity index (χ3n) is 4.25. The SMILES string of the molecule is CCNC(=O)COc1ccc2c(c1)CCc1ccccc1C2N. The first-order valence-electron chi connectivity index (χ1n) is 8.04. The number of likely N-dealkylation sites (N-methyl/N-ethyl adjacent to an activating group) is 1. The summed E-state index contributed by atoms with van der Waals surface area (Å²) >= 11 is 0. The van der Waals surface area contributed by atoms with Gasteiger partial charge in [-0.1, -0.05) is 30.3 Å². The molecule has 1 aliphatic carbocycles. The van der Waals surface area contributed by atoms with Crippen LogP contribution in [0.2, 0.25) is 0 Å². The molecule has 1 aliphatic rings. The topological polar surface area (TPSA) is 64.3 Å². The molecule has 23 heavy (non-hydrogen) atoms. The lowest BCUT2D eigenvalue weighted by Gasteiger charge is -2.16. The van der Waals surface area contributed by atoms with Crippen molar-refractivity contribution < 1.29 is 9.53 Å². The third-order valence-corrected chi connectivity index (χ3v) is 4.25. The fourth-order valence-corrected chi connectivity index (χ4v) is 3.09. The van der Waals surface area contributed by atoms with Gasteiger partial charge in [0.2, 0.25) is 0 Å². The highest BCUT2D eigenvalue weighted by Gasteiger charge is 2.20. The van der Waals surface area contributed by atoms with E-state index in [1.807, 2.05) is 31.2 Å². The zero-order valence-corrected chi connectivity index (χ0v) is 13.3. The van der Waals surface area contributed by atoms with Crippen LogP contribution in [0.1, 0.15) is 35.2 Å². The van der Waals surface area contributed by atoms with Gasteiger partial charge in [-0.05, 0) is 54.2 Å². The van der Waals surface area contributed by atoms with Crippen molar-refractivity contribution in [3.63, 3.8) is 0 Å². The lowest BCUT2D eigenvalue weighted by atomic mass is 9.95. The molecule has 1 unspecified atom stereocenters. The van der Waals surface area contributed by atoms with Crippen molar-refractivity contribution in [2.45, 2.75) is 25.8 Å². The van der Waals surface area contributed by atoms with E-state index in [1.54, 1.807) is 0 Å². The molecular formula is C19H22N2O2. The maximum Gasteiger partial charge on any atom is 0.257 e. The van der Waals surface area contributed by atoms with Crippen molar-refractivity contribution in [3.05, 3.63) is 64.7 Å². The molecule has 120 valence electrons. The molecule has 0 bridgehead atoms. The normalized spacial score (nSPS) is 16.0. The second-order valence-electron chi connectivity index (χ2n) is 5.78. The molecule has 4 heteroatoms. The summed E-state index contributed by atoms with van der Waals surface area (Å²) in [6, 6.07) is 14.2. The van der Waals surface area contributed by atoms with Crippen LogP contribution in [0.25, 0.3) is 0 Å². The Hall–Kier alpha value is -2.33. The van der Waals surface area contributed by atoms with E-state index in [2.05, 4.69) is 23.5 Å². The Morgan fingerprint density at radius 1 is 1.17 bits per heavy atom. The van der Waals surface area contributed by atoms with Crippen LogP contribution in [0.15, 0.2) is 42.5 Å². The zero-order valence-electron chi connectivity index (χ0n) is 13.3. The van der Waals surface area contributed by atoms with E-state index >= 15 is 0 Å². The fraction of sp³-hybridized carbons (Fsp3) is 0.316. The average molecular weight is 310 g/mol. The first kappa shape index (κ1) is 15.6. The molecule has 0 saturated carbocycles. The number of hydrogen-bond donors (Lipinski definition) is 2. The molecule has 0 heterocycles. The molecule has 3 N–H and O–H groups in total. The first-order chi connectivity index (χ1) is 11.2. The smallest absolute Gasteiger partial charge is 0.257 e. The maximum absolute atomic E-state index is 11.5. The van der Waals surface area contributed by atoms with E-state index in [-0.39, 0.29) is 18.6 Å². The number of fused-ring (bicyclic) bond motifs is 2. The summed E-state index contributed by atoms with van der Waals surface area (Å²) in [6.07, 6.45) is 1.90. The third kappa shape index (κ3) is 3.37. The summed E-state index contributed by atoms with van der Waals surface area (Å²) in [5, 5.41) is 2.72. The zero-order chi connectivity index (χ0) is 16.2. The summed E-state index contributed by atoms with van der Waals surface area (Å²) in [4.78, 5) is 11.5. The van der Waals surface area contributed by atoms with Gasteiger partial charge in [-0.25, -0.2) is 0 Å². The van der Waals surface area contributed by atoms with Gasteiger partial charge in [-0.2, -0.15) is 0 Å². The molecule has 2 aromatic rings. The Balaban J connectivity index is 1.80. The van der Waals surface area contributed by atoms with Gasteiger partial charge in [0, 0.05) is 6.54 Å². The van der Waals surface area contributed by atoms with Crippen molar-refractivity contribution >= 4 is 5.91 Å². The average Bonchev–Trinajstić information content (AvgIpc) is 2.71. The number of carbonyl (C=O) groups excluding carboxylic acids is 1. The number of hydrogen-bond acceptors (Lipinski definition) is 3. The number of ether oxygens (including phenoxy) is 1. The molecule has 1 amide bonds. The number of aryl methyl sites for hydroxylation is 2. The quantitative estimate of drug-likeness (QED) is 0.911. The number of nitrogens with one attached hydrogen (secondary N) is 1. The number of carbonyl (C=O) groups is 1. The van der Waals surface area contributed by atoms with Crippen LogP contribution in [-0.4, -0.2) is 19.1 Å². The van der Waals surface area contributed by atoms with E-state index in [0.29, 0.717) is 12.3 Å². The van der Waals surface area contributed by atoms with Gasteiger partial charge in [0.25, 0.3) is 5.91 Å². The number of rotatable bonds is 4. The highest BCUT2D eigenvalue weighted by Crippen LogP contribution is 2.32. The lowest BCUT2D eigenvalue weighted by molar-refractivity contribution is -0.122. The van der Waals surface area contributed by atoms with Crippen LogP contribution in [0, 0.1) is 0 Å². The number of amides is 1. The summed E-state index contributed by atoms with van der Waals surface area (Å²) in [7, 11) is 0. The second-order valence-corrected chi connectivity index (χ2v) is 5.78. The van der Waals surface area contributed by atoms with E-state index in [4.69, 9.17) is 10.5 Å². The van der Waals surface area contributed by atoms with E-state index < -0.39 is 0 Å². The van der Waals surface area contributed by atoms with Crippen LogP contribution in [0.4, 0.5) is 0 Å². The van der Waals surface area contributed by atoms with Gasteiger partial charge in [0.15, 0.2) is 6.61 Å². The minimum absolute atomic E-state index is 0.0406. The largest absolute Gasteiger partial charge is 0.484 e. The van der Waals surface area contributed by atoms with E-state index in [1.165, 1.54) is 16.7 Å². The number of nitrogens with two attached hydrogens (primary N) is 1. The summed E-state index contributed by atoms with van der Waals surface area (Å²) in [5.41, 5.74) is 11.3. The van der Waals surface area contributed by atoms with Crippen LogP contribution >= 0.6 is 0 Å². The maximum atomic E-state index is 11.5. The highest BCUT2D eigenvalue weighted by atomic mass is 16.5. The monoisotopic (exact) mass is 310 g/mol. The summed E-state index contributed by atoms with van der Waals surface area (Å²) in [5.74, 6) is 0.611. The van der Waals surface area contributed by atoms with Crippen LogP contribution in [-0.2, 0) is 17.6 Å². The lowest BCUT2D eigenvalue weighted by Crippen LogP contribution is -2.28. The minimum atomic E-state index is -0.110. The summed E-state index contributed by atoms with van der Waals surface area (Å²) in [6.45, 7) is 2.54. The molecule has 0 aliphatic heterocycles. The second kappa shape index (κ2) is 6.84. The number of benzene rings is 2.